The van der Waals surface area contributed by atoms with Gasteiger partial charge in [0, 0.05) is 0 Å². The zero-order valence-corrected chi connectivity index (χ0v) is 10.6. The van der Waals surface area contributed by atoms with Crippen LogP contribution in [0.2, 0.25) is 19.6 Å². The predicted molar refractivity (Wildman–Crippen MR) is 54.0 cm³/mol. The largest absolute Gasteiger partial charge is 0.351 e. The molecule has 0 aromatic carbocycles. The molecule has 74 valence electrons. The zero-order chi connectivity index (χ0) is 10.2. The van der Waals surface area contributed by atoms with Gasteiger partial charge in [0.05, 0.1) is 5.16 Å². The molecular weight excluding hydrogens is 191 g/mol. The van der Waals surface area contributed by atoms with Crippen LogP contribution in [0, 0.1) is 0 Å². The molecule has 0 fully saturated rings. The van der Waals surface area contributed by atoms with E-state index in [1.807, 2.05) is 19.6 Å². The molecule has 0 saturated heterocycles. The smallest absolute Gasteiger partial charge is 0.323 e. The zero-order valence-electron chi connectivity index (χ0n) is 8.71. The molecule has 0 aliphatic carbocycles. The second kappa shape index (κ2) is 3.26. The van der Waals surface area contributed by atoms with Crippen LogP contribution in [-0.4, -0.2) is 18.4 Å². The van der Waals surface area contributed by atoms with E-state index in [9.17, 15) is 9.46 Å². The summed E-state index contributed by atoms with van der Waals surface area (Å²) in [7, 11) is -5.35. The minimum atomic E-state index is -3.44. The first-order valence-corrected chi connectivity index (χ1v) is 8.98. The summed E-state index contributed by atoms with van der Waals surface area (Å²) < 4.78 is 16.9. The Kier molecular flexibility index (Phi) is 3.36. The quantitative estimate of drug-likeness (QED) is 0.563. The van der Waals surface area contributed by atoms with Crippen molar-refractivity contribution in [3.8, 4) is 0 Å². The monoisotopic (exact) mass is 210 g/mol. The molecule has 0 aliphatic heterocycles. The van der Waals surface area contributed by atoms with Crippen molar-refractivity contribution < 1.29 is 13.7 Å². The molecule has 1 unspecified atom stereocenters. The Balaban J connectivity index is 4.57. The Labute approximate surface area is 75.8 Å². The van der Waals surface area contributed by atoms with Gasteiger partial charge in [0.15, 0.2) is 8.32 Å². The first-order chi connectivity index (χ1) is 4.96. The lowest BCUT2D eigenvalue weighted by Gasteiger charge is -2.30. The summed E-state index contributed by atoms with van der Waals surface area (Å²) in [5.41, 5.74) is 0. The van der Waals surface area contributed by atoms with Gasteiger partial charge < -0.3 is 9.11 Å². The van der Waals surface area contributed by atoms with Crippen LogP contribution in [0.5, 0.6) is 0 Å². The van der Waals surface area contributed by atoms with Crippen molar-refractivity contribution >= 4 is 15.9 Å². The highest BCUT2D eigenvalue weighted by molar-refractivity contribution is 7.56. The molecule has 0 spiro atoms. The van der Waals surface area contributed by atoms with E-state index in [4.69, 9.17) is 4.21 Å². The molecule has 12 heavy (non-hydrogen) atoms. The van der Waals surface area contributed by atoms with Crippen molar-refractivity contribution in [1.29, 1.82) is 0 Å². The van der Waals surface area contributed by atoms with Gasteiger partial charge >= 0.3 is 7.60 Å². The molecule has 0 heterocycles. The summed E-state index contributed by atoms with van der Waals surface area (Å²) in [5, 5.41) is -0.673. The molecule has 1 N–H and O–H groups in total. The first kappa shape index (κ1) is 12.4. The standard InChI is InChI=1S/C7H19O3PSi/c1-7(2,3)11(8,9)10-12(4,5)6/h1-6H3,(H,8,9). The lowest BCUT2D eigenvalue weighted by molar-refractivity contribution is 0.347. The van der Waals surface area contributed by atoms with E-state index in [1.165, 1.54) is 0 Å². The fourth-order valence-corrected chi connectivity index (χ4v) is 4.57. The third-order valence-corrected chi connectivity index (χ3v) is 6.12. The molecule has 5 heteroatoms. The summed E-state index contributed by atoms with van der Waals surface area (Å²) in [6, 6.07) is 0. The van der Waals surface area contributed by atoms with Gasteiger partial charge in [-0.25, -0.2) is 0 Å². The number of hydrogen-bond donors (Lipinski definition) is 1. The SMILES string of the molecule is CC(C)(C)P(=O)(O)O[Si](C)(C)C. The summed E-state index contributed by atoms with van der Waals surface area (Å²) >= 11 is 0. The van der Waals surface area contributed by atoms with E-state index >= 15 is 0 Å². The molecule has 1 atom stereocenters. The minimum Gasteiger partial charge on any atom is -0.351 e. The maximum atomic E-state index is 11.6. The molecule has 0 aromatic rings. The molecule has 0 aromatic heterocycles. The fraction of sp³-hybridized carbons (Fsp3) is 1.00. The molecule has 3 nitrogen and oxygen atoms in total. The molecule has 0 bridgehead atoms. The van der Waals surface area contributed by atoms with Crippen LogP contribution in [-0.2, 0) is 8.78 Å². The van der Waals surface area contributed by atoms with Crippen molar-refractivity contribution in [1.82, 2.24) is 0 Å². The minimum absolute atomic E-state index is 0.673. The third-order valence-electron chi connectivity index (χ3n) is 1.25. The fourth-order valence-electron chi connectivity index (χ4n) is 0.508. The average molecular weight is 210 g/mol. The first-order valence-electron chi connectivity index (χ1n) is 3.99. The van der Waals surface area contributed by atoms with Crippen molar-refractivity contribution in [2.45, 2.75) is 45.6 Å². The molecular formula is C7H19O3PSi. The van der Waals surface area contributed by atoms with Crippen LogP contribution in [0.3, 0.4) is 0 Å². The maximum absolute atomic E-state index is 11.6. The van der Waals surface area contributed by atoms with E-state index in [1.54, 1.807) is 20.8 Å². The van der Waals surface area contributed by atoms with Gasteiger partial charge in [0.1, 0.15) is 0 Å². The Morgan fingerprint density at radius 2 is 1.58 bits per heavy atom. The van der Waals surface area contributed by atoms with Gasteiger partial charge in [-0.15, -0.1) is 0 Å². The van der Waals surface area contributed by atoms with Crippen LogP contribution >= 0.6 is 7.60 Å². The molecule has 0 rings (SSSR count). The van der Waals surface area contributed by atoms with Crippen LogP contribution < -0.4 is 0 Å². The highest BCUT2D eigenvalue weighted by atomic mass is 31.2. The van der Waals surface area contributed by atoms with Crippen LogP contribution in [0.25, 0.3) is 0 Å². The Morgan fingerprint density at radius 1 is 1.25 bits per heavy atom. The van der Waals surface area contributed by atoms with Gasteiger partial charge in [0.25, 0.3) is 0 Å². The van der Waals surface area contributed by atoms with Gasteiger partial charge in [-0.3, -0.25) is 4.57 Å². The van der Waals surface area contributed by atoms with Crippen molar-refractivity contribution in [3.05, 3.63) is 0 Å². The summed E-state index contributed by atoms with van der Waals surface area (Å²) in [6.07, 6.45) is 0. The van der Waals surface area contributed by atoms with Crippen LogP contribution in [0.4, 0.5) is 0 Å². The Bertz CT molecular complexity index is 202. The average Bonchev–Trinajstić information content (AvgIpc) is 1.52. The normalized spacial score (nSPS) is 18.9. The Morgan fingerprint density at radius 3 is 1.67 bits per heavy atom. The van der Waals surface area contributed by atoms with E-state index in [0.29, 0.717) is 0 Å². The van der Waals surface area contributed by atoms with Gasteiger partial charge in [-0.05, 0) is 40.4 Å². The van der Waals surface area contributed by atoms with E-state index in [2.05, 4.69) is 0 Å². The summed E-state index contributed by atoms with van der Waals surface area (Å²) in [6.45, 7) is 10.9. The lowest BCUT2D eigenvalue weighted by atomic mass is 10.3. The topological polar surface area (TPSA) is 46.5 Å². The van der Waals surface area contributed by atoms with Gasteiger partial charge in [-0.1, -0.05) is 0 Å². The van der Waals surface area contributed by atoms with Crippen LogP contribution in [0.15, 0.2) is 0 Å². The van der Waals surface area contributed by atoms with E-state index in [0.717, 1.165) is 0 Å². The molecule has 0 saturated carbocycles. The van der Waals surface area contributed by atoms with E-state index in [-0.39, 0.29) is 0 Å². The molecule has 0 aliphatic rings. The van der Waals surface area contributed by atoms with Gasteiger partial charge in [-0.2, -0.15) is 0 Å². The summed E-state index contributed by atoms with van der Waals surface area (Å²) in [5.74, 6) is 0. The maximum Gasteiger partial charge on any atom is 0.323 e. The van der Waals surface area contributed by atoms with E-state index < -0.39 is 21.1 Å². The Hall–Kier alpha value is 0.367. The summed E-state index contributed by atoms with van der Waals surface area (Å²) in [4.78, 5) is 9.55. The van der Waals surface area contributed by atoms with Gasteiger partial charge in [0.2, 0.25) is 0 Å². The predicted octanol–water partition coefficient (Wildman–Crippen LogP) is 2.82. The third kappa shape index (κ3) is 3.85. The number of rotatable bonds is 2. The van der Waals surface area contributed by atoms with Crippen molar-refractivity contribution in [2.24, 2.45) is 0 Å². The van der Waals surface area contributed by atoms with Crippen molar-refractivity contribution in [3.63, 3.8) is 0 Å². The molecule has 0 radical (unpaired) electrons. The highest BCUT2D eigenvalue weighted by Crippen LogP contribution is 2.56. The lowest BCUT2D eigenvalue weighted by Crippen LogP contribution is -2.29. The van der Waals surface area contributed by atoms with Crippen molar-refractivity contribution in [2.75, 3.05) is 0 Å². The second-order valence-electron chi connectivity index (χ2n) is 4.89. The highest BCUT2D eigenvalue weighted by Gasteiger charge is 2.39. The number of hydrogen-bond acceptors (Lipinski definition) is 2. The second-order valence-corrected chi connectivity index (χ2v) is 12.2. The molecule has 0 amide bonds. The van der Waals surface area contributed by atoms with Crippen LogP contribution in [0.1, 0.15) is 20.8 Å².